The largest absolute Gasteiger partial charge is 0.497 e. The molecular formula is C13H11NO3. The van der Waals surface area contributed by atoms with Crippen molar-refractivity contribution in [3.05, 3.63) is 30.0 Å². The maximum atomic E-state index is 11.4. The molecule has 0 bridgehead atoms. The third kappa shape index (κ3) is 1.62. The first kappa shape index (κ1) is 10.1. The summed E-state index contributed by atoms with van der Waals surface area (Å²) >= 11 is 0. The van der Waals surface area contributed by atoms with Crippen LogP contribution in [-0.4, -0.2) is 24.5 Å². The fourth-order valence-corrected chi connectivity index (χ4v) is 2.05. The molecule has 1 aliphatic heterocycles. The molecular weight excluding hydrogens is 218 g/mol. The molecule has 0 saturated carbocycles. The number of ketones is 1. The van der Waals surface area contributed by atoms with Crippen LogP contribution in [0.1, 0.15) is 5.56 Å². The summed E-state index contributed by atoms with van der Waals surface area (Å²) in [6.45, 7) is 0.143. The van der Waals surface area contributed by atoms with Gasteiger partial charge in [0.1, 0.15) is 18.1 Å². The van der Waals surface area contributed by atoms with Gasteiger partial charge >= 0.3 is 0 Å². The summed E-state index contributed by atoms with van der Waals surface area (Å²) in [7, 11) is 1.62. The quantitative estimate of drug-likeness (QED) is 0.747. The highest BCUT2D eigenvalue weighted by molar-refractivity contribution is 5.93. The predicted octanol–water partition coefficient (Wildman–Crippen LogP) is 1.75. The van der Waals surface area contributed by atoms with Crippen LogP contribution in [0.25, 0.3) is 10.9 Å². The molecule has 0 fully saturated rings. The van der Waals surface area contributed by atoms with Crippen molar-refractivity contribution < 1.29 is 14.3 Å². The van der Waals surface area contributed by atoms with Crippen LogP contribution in [0, 0.1) is 0 Å². The van der Waals surface area contributed by atoms with E-state index in [2.05, 4.69) is 4.98 Å². The van der Waals surface area contributed by atoms with Crippen molar-refractivity contribution in [2.45, 2.75) is 6.42 Å². The standard InChI is InChI=1S/C13H11NO3/c1-16-9-2-3-12-10(5-9)11-4-8(15)7-17-13(11)6-14-12/h2-3,5-6H,4,7H2,1H3. The van der Waals surface area contributed by atoms with Gasteiger partial charge in [-0.2, -0.15) is 0 Å². The zero-order valence-corrected chi connectivity index (χ0v) is 9.40. The number of ether oxygens (including phenoxy) is 2. The van der Waals surface area contributed by atoms with E-state index in [-0.39, 0.29) is 12.4 Å². The Labute approximate surface area is 98.2 Å². The van der Waals surface area contributed by atoms with Gasteiger partial charge in [-0.05, 0) is 18.2 Å². The minimum absolute atomic E-state index is 0.0906. The monoisotopic (exact) mass is 229 g/mol. The summed E-state index contributed by atoms with van der Waals surface area (Å²) < 4.78 is 10.6. The SMILES string of the molecule is COc1ccc2ncc3c(c2c1)CC(=O)CO3. The van der Waals surface area contributed by atoms with E-state index in [1.807, 2.05) is 18.2 Å². The molecule has 3 rings (SSSR count). The van der Waals surface area contributed by atoms with E-state index < -0.39 is 0 Å². The number of aromatic nitrogens is 1. The number of carbonyl (C=O) groups is 1. The number of carbonyl (C=O) groups excluding carboxylic acids is 1. The summed E-state index contributed by atoms with van der Waals surface area (Å²) in [5, 5.41) is 0.926. The van der Waals surface area contributed by atoms with Gasteiger partial charge in [0, 0.05) is 17.4 Å². The number of methoxy groups -OCH3 is 1. The van der Waals surface area contributed by atoms with Gasteiger partial charge in [0.15, 0.2) is 5.78 Å². The fourth-order valence-electron chi connectivity index (χ4n) is 2.05. The lowest BCUT2D eigenvalue weighted by Crippen LogP contribution is -2.20. The number of Topliss-reactive ketones (excluding diaryl/α,β-unsaturated/α-hetero) is 1. The first-order valence-electron chi connectivity index (χ1n) is 5.38. The molecule has 0 N–H and O–H groups in total. The predicted molar refractivity (Wildman–Crippen MR) is 62.5 cm³/mol. The highest BCUT2D eigenvalue weighted by atomic mass is 16.5. The second-order valence-electron chi connectivity index (χ2n) is 3.99. The first-order valence-corrected chi connectivity index (χ1v) is 5.38. The van der Waals surface area contributed by atoms with Gasteiger partial charge in [-0.1, -0.05) is 0 Å². The maximum Gasteiger partial charge on any atom is 0.174 e. The average Bonchev–Trinajstić information content (AvgIpc) is 2.38. The third-order valence-electron chi connectivity index (χ3n) is 2.91. The Bertz CT molecular complexity index is 602. The Hall–Kier alpha value is -2.10. The Balaban J connectivity index is 2.27. The number of hydrogen-bond donors (Lipinski definition) is 0. The lowest BCUT2D eigenvalue weighted by atomic mass is 10.0. The zero-order valence-electron chi connectivity index (χ0n) is 9.40. The summed E-state index contributed by atoms with van der Waals surface area (Å²) in [5.41, 5.74) is 1.76. The van der Waals surface area contributed by atoms with Crippen molar-refractivity contribution in [3.8, 4) is 11.5 Å². The molecule has 0 unspecified atom stereocenters. The van der Waals surface area contributed by atoms with Gasteiger partial charge < -0.3 is 9.47 Å². The number of pyridine rings is 1. The summed E-state index contributed by atoms with van der Waals surface area (Å²) in [6, 6.07) is 5.63. The van der Waals surface area contributed by atoms with E-state index in [0.29, 0.717) is 12.2 Å². The normalized spacial score (nSPS) is 14.3. The summed E-state index contributed by atoms with van der Waals surface area (Å²) in [5.74, 6) is 1.55. The van der Waals surface area contributed by atoms with Gasteiger partial charge in [0.2, 0.25) is 0 Å². The second kappa shape index (κ2) is 3.73. The Morgan fingerprint density at radius 1 is 1.41 bits per heavy atom. The van der Waals surface area contributed by atoms with Gasteiger partial charge in [-0.15, -0.1) is 0 Å². The number of rotatable bonds is 1. The van der Waals surface area contributed by atoms with Gasteiger partial charge in [0.05, 0.1) is 18.8 Å². The number of nitrogens with zero attached hydrogens (tertiary/aromatic N) is 1. The van der Waals surface area contributed by atoms with Crippen LogP contribution in [0.4, 0.5) is 0 Å². The summed E-state index contributed by atoms with van der Waals surface area (Å²) in [6.07, 6.45) is 2.08. The summed E-state index contributed by atoms with van der Waals surface area (Å²) in [4.78, 5) is 15.8. The van der Waals surface area contributed by atoms with Crippen molar-refractivity contribution in [1.82, 2.24) is 4.98 Å². The maximum absolute atomic E-state index is 11.4. The molecule has 1 aromatic carbocycles. The smallest absolute Gasteiger partial charge is 0.174 e. The second-order valence-corrected chi connectivity index (χ2v) is 3.99. The van der Waals surface area contributed by atoms with Crippen LogP contribution in [0.3, 0.4) is 0 Å². The van der Waals surface area contributed by atoms with Gasteiger partial charge in [0.25, 0.3) is 0 Å². The minimum Gasteiger partial charge on any atom is -0.497 e. The van der Waals surface area contributed by atoms with Crippen LogP contribution in [-0.2, 0) is 11.2 Å². The first-order chi connectivity index (χ1) is 8.28. The van der Waals surface area contributed by atoms with E-state index in [9.17, 15) is 4.79 Å². The molecule has 0 atom stereocenters. The van der Waals surface area contributed by atoms with Gasteiger partial charge in [-0.25, -0.2) is 0 Å². The molecule has 2 aromatic rings. The molecule has 17 heavy (non-hydrogen) atoms. The molecule has 4 heteroatoms. The highest BCUT2D eigenvalue weighted by Gasteiger charge is 2.19. The van der Waals surface area contributed by atoms with Crippen molar-refractivity contribution in [2.75, 3.05) is 13.7 Å². The minimum atomic E-state index is 0.0906. The molecule has 0 radical (unpaired) electrons. The van der Waals surface area contributed by atoms with Crippen LogP contribution >= 0.6 is 0 Å². The zero-order chi connectivity index (χ0) is 11.8. The van der Waals surface area contributed by atoms with E-state index in [0.717, 1.165) is 22.2 Å². The van der Waals surface area contributed by atoms with Crippen LogP contribution in [0.5, 0.6) is 11.5 Å². The fraction of sp³-hybridized carbons (Fsp3) is 0.231. The number of hydrogen-bond acceptors (Lipinski definition) is 4. The number of fused-ring (bicyclic) bond motifs is 3. The Morgan fingerprint density at radius 3 is 3.12 bits per heavy atom. The van der Waals surface area contributed by atoms with Crippen molar-refractivity contribution in [2.24, 2.45) is 0 Å². The number of benzene rings is 1. The molecule has 1 aromatic heterocycles. The topological polar surface area (TPSA) is 48.4 Å². The highest BCUT2D eigenvalue weighted by Crippen LogP contribution is 2.31. The lowest BCUT2D eigenvalue weighted by molar-refractivity contribution is -0.121. The van der Waals surface area contributed by atoms with Crippen LogP contribution in [0.15, 0.2) is 24.4 Å². The molecule has 4 nitrogen and oxygen atoms in total. The van der Waals surface area contributed by atoms with E-state index in [4.69, 9.17) is 9.47 Å². The molecule has 0 spiro atoms. The van der Waals surface area contributed by atoms with Crippen molar-refractivity contribution >= 4 is 16.7 Å². The molecule has 86 valence electrons. The Kier molecular flexibility index (Phi) is 2.21. The van der Waals surface area contributed by atoms with Crippen molar-refractivity contribution in [1.29, 1.82) is 0 Å². The molecule has 1 aliphatic rings. The average molecular weight is 229 g/mol. The van der Waals surface area contributed by atoms with E-state index in [1.165, 1.54) is 0 Å². The van der Waals surface area contributed by atoms with Crippen LogP contribution < -0.4 is 9.47 Å². The molecule has 2 heterocycles. The van der Waals surface area contributed by atoms with E-state index in [1.54, 1.807) is 13.3 Å². The molecule has 0 amide bonds. The van der Waals surface area contributed by atoms with E-state index >= 15 is 0 Å². The van der Waals surface area contributed by atoms with Crippen LogP contribution in [0.2, 0.25) is 0 Å². The third-order valence-corrected chi connectivity index (χ3v) is 2.91. The van der Waals surface area contributed by atoms with Gasteiger partial charge in [-0.3, -0.25) is 9.78 Å². The molecule has 0 aliphatic carbocycles. The molecule has 0 saturated heterocycles. The lowest BCUT2D eigenvalue weighted by Gasteiger charge is -2.17. The van der Waals surface area contributed by atoms with Crippen molar-refractivity contribution in [3.63, 3.8) is 0 Å². The Morgan fingerprint density at radius 2 is 2.29 bits per heavy atom.